The lowest BCUT2D eigenvalue weighted by molar-refractivity contribution is -0.141. The van der Waals surface area contributed by atoms with Gasteiger partial charge in [-0.3, -0.25) is 14.6 Å². The number of carboxylic acid groups (broad SMARTS) is 3. The Kier molecular flexibility index (Phi) is 4.78. The predicted octanol–water partition coefficient (Wildman–Crippen LogP) is -0.0700. The molecule has 1 aliphatic carbocycles. The summed E-state index contributed by atoms with van der Waals surface area (Å²) in [6.45, 7) is 0. The second-order valence-electron chi connectivity index (χ2n) is 6.31. The van der Waals surface area contributed by atoms with Crippen molar-refractivity contribution in [2.24, 2.45) is 4.99 Å². The lowest BCUT2D eigenvalue weighted by Gasteiger charge is -2.22. The fraction of sp³-hybridized carbons (Fsp3) is 0.222. The number of hydrogen-bond donors (Lipinski definition) is 3. The van der Waals surface area contributed by atoms with Crippen molar-refractivity contribution in [3.63, 3.8) is 0 Å². The maximum Gasteiger partial charge on any atom is 0.354 e. The summed E-state index contributed by atoms with van der Waals surface area (Å²) in [4.78, 5) is 62.1. The van der Waals surface area contributed by atoms with E-state index in [0.29, 0.717) is 11.1 Å². The van der Waals surface area contributed by atoms with E-state index >= 15 is 0 Å². The number of likely N-dealkylation sites (tertiary alicyclic amines) is 1. The molecule has 0 radical (unpaired) electrons. The van der Waals surface area contributed by atoms with Crippen LogP contribution in [0.3, 0.4) is 0 Å². The van der Waals surface area contributed by atoms with Crippen molar-refractivity contribution < 1.29 is 39.3 Å². The van der Waals surface area contributed by atoms with Gasteiger partial charge in [-0.15, -0.1) is 0 Å². The minimum Gasteiger partial charge on any atom is -0.480 e. The first-order chi connectivity index (χ1) is 13.2. The lowest BCUT2D eigenvalue weighted by atomic mass is 10.0. The number of nitrogens with zero attached hydrogens (tertiary/aromatic N) is 2. The number of carbonyl (C=O) groups excluding carboxylic acids is 2. The molecule has 0 aromatic carbocycles. The Morgan fingerprint density at radius 2 is 1.68 bits per heavy atom. The van der Waals surface area contributed by atoms with Gasteiger partial charge in [0.05, 0.1) is 0 Å². The summed E-state index contributed by atoms with van der Waals surface area (Å²) in [6, 6.07) is -2.33. The first kappa shape index (κ1) is 19.0. The zero-order valence-corrected chi connectivity index (χ0v) is 14.2. The molecule has 3 aliphatic rings. The molecule has 2 aliphatic heterocycles. The van der Waals surface area contributed by atoms with Crippen LogP contribution in [0.25, 0.3) is 0 Å². The number of fused-ring (bicyclic) bond motifs is 1. The molecule has 0 amide bonds. The Bertz CT molecular complexity index is 966. The van der Waals surface area contributed by atoms with Gasteiger partial charge in [-0.05, 0) is 29.4 Å². The van der Waals surface area contributed by atoms with E-state index in [-0.39, 0.29) is 18.5 Å². The van der Waals surface area contributed by atoms with Gasteiger partial charge in [-0.2, -0.15) is 0 Å². The number of aliphatic imine (C=N–C) groups is 1. The Morgan fingerprint density at radius 1 is 1.00 bits per heavy atom. The number of rotatable bonds is 5. The van der Waals surface area contributed by atoms with Crippen LogP contribution in [0.5, 0.6) is 0 Å². The van der Waals surface area contributed by atoms with Gasteiger partial charge >= 0.3 is 17.9 Å². The van der Waals surface area contributed by atoms with Crippen LogP contribution in [0.2, 0.25) is 0 Å². The minimum absolute atomic E-state index is 0.0170. The fourth-order valence-corrected chi connectivity index (χ4v) is 3.12. The highest BCUT2D eigenvalue weighted by atomic mass is 16.4. The molecule has 3 N–H and O–H groups in total. The first-order valence-corrected chi connectivity index (χ1v) is 8.12. The molecular formula is C18H14N2O8. The molecule has 0 aromatic rings. The Balaban J connectivity index is 1.93. The molecule has 2 atom stereocenters. The van der Waals surface area contributed by atoms with Gasteiger partial charge in [-0.25, -0.2) is 14.4 Å². The predicted molar refractivity (Wildman–Crippen MR) is 92.4 cm³/mol. The van der Waals surface area contributed by atoms with Crippen molar-refractivity contribution >= 4 is 35.2 Å². The molecule has 1 fully saturated rings. The Labute approximate surface area is 157 Å². The van der Waals surface area contributed by atoms with Crippen molar-refractivity contribution in [2.75, 3.05) is 0 Å². The van der Waals surface area contributed by atoms with E-state index < -0.39 is 47.3 Å². The van der Waals surface area contributed by atoms with E-state index in [1.807, 2.05) is 0 Å². The molecule has 0 unspecified atom stereocenters. The molecule has 0 bridgehead atoms. The third-order valence-electron chi connectivity index (χ3n) is 4.46. The number of dihydropyridines is 1. The number of carbonyl (C=O) groups is 5. The summed E-state index contributed by atoms with van der Waals surface area (Å²) in [6.07, 6.45) is 6.03. The largest absolute Gasteiger partial charge is 0.480 e. The van der Waals surface area contributed by atoms with Gasteiger partial charge in [0.25, 0.3) is 0 Å². The third kappa shape index (κ3) is 3.52. The van der Waals surface area contributed by atoms with Gasteiger partial charge in [0, 0.05) is 30.8 Å². The molecule has 28 heavy (non-hydrogen) atoms. The van der Waals surface area contributed by atoms with Crippen molar-refractivity contribution in [3.8, 4) is 0 Å². The van der Waals surface area contributed by atoms with E-state index in [4.69, 9.17) is 10.2 Å². The molecule has 3 rings (SSSR count). The maximum atomic E-state index is 11.7. The molecule has 10 heteroatoms. The van der Waals surface area contributed by atoms with Crippen molar-refractivity contribution in [1.82, 2.24) is 4.90 Å². The summed E-state index contributed by atoms with van der Waals surface area (Å²) in [5.74, 6) is -5.34. The highest BCUT2D eigenvalue weighted by Gasteiger charge is 2.38. The molecule has 144 valence electrons. The summed E-state index contributed by atoms with van der Waals surface area (Å²) in [5, 5.41) is 27.7. The number of hydrogen-bond acceptors (Lipinski definition) is 7. The van der Waals surface area contributed by atoms with E-state index in [0.717, 1.165) is 12.2 Å². The number of aliphatic carboxylic acids is 3. The SMILES string of the molecule is O=C(O)C1=N[C@H](C(=O)O)CC(C=CN2C3=CC(=O)C(=O)C=C3C[C@H]2C(=O)O)=C1. The summed E-state index contributed by atoms with van der Waals surface area (Å²) in [5.41, 5.74) is 0.579. The monoisotopic (exact) mass is 386 g/mol. The van der Waals surface area contributed by atoms with Crippen LogP contribution in [0, 0.1) is 0 Å². The highest BCUT2D eigenvalue weighted by Crippen LogP contribution is 2.35. The third-order valence-corrected chi connectivity index (χ3v) is 4.46. The highest BCUT2D eigenvalue weighted by molar-refractivity contribution is 6.46. The quantitative estimate of drug-likeness (QED) is 0.434. The molecular weight excluding hydrogens is 372 g/mol. The van der Waals surface area contributed by atoms with E-state index in [1.54, 1.807) is 0 Å². The summed E-state index contributed by atoms with van der Waals surface area (Å²) < 4.78 is 0. The Morgan fingerprint density at radius 3 is 2.29 bits per heavy atom. The fourth-order valence-electron chi connectivity index (χ4n) is 3.12. The van der Waals surface area contributed by atoms with Crippen LogP contribution >= 0.6 is 0 Å². The zero-order valence-electron chi connectivity index (χ0n) is 14.2. The van der Waals surface area contributed by atoms with Crippen molar-refractivity contribution in [2.45, 2.75) is 24.9 Å². The lowest BCUT2D eigenvalue weighted by Crippen LogP contribution is -2.31. The van der Waals surface area contributed by atoms with Gasteiger partial charge in [-0.1, -0.05) is 0 Å². The van der Waals surface area contributed by atoms with Crippen LogP contribution < -0.4 is 0 Å². The molecule has 0 aromatic heterocycles. The number of allylic oxidation sites excluding steroid dienone is 4. The smallest absolute Gasteiger partial charge is 0.354 e. The molecule has 10 nitrogen and oxygen atoms in total. The Hall–Kier alpha value is -3.82. The van der Waals surface area contributed by atoms with E-state index in [2.05, 4.69) is 4.99 Å². The second-order valence-corrected chi connectivity index (χ2v) is 6.31. The first-order valence-electron chi connectivity index (χ1n) is 8.12. The topological polar surface area (TPSA) is 162 Å². The van der Waals surface area contributed by atoms with Gasteiger partial charge < -0.3 is 20.2 Å². The van der Waals surface area contributed by atoms with E-state index in [1.165, 1.54) is 23.3 Å². The summed E-state index contributed by atoms with van der Waals surface area (Å²) in [7, 11) is 0. The molecule has 1 saturated heterocycles. The minimum atomic E-state index is -1.38. The van der Waals surface area contributed by atoms with Crippen molar-refractivity contribution in [3.05, 3.63) is 47.3 Å². The standard InChI is InChI=1S/C18H14N2O8/c21-14-6-9-5-13(18(27)28)20(12(9)7-15(14)22)2-1-8-3-10(16(23)24)19-11(4-8)17(25)26/h1-3,6-7,11,13H,4-5H2,(H,23,24)(H,25,26)(H,27,28)/t11-,13-/m0/s1. The molecule has 2 heterocycles. The molecule has 0 spiro atoms. The van der Waals surface area contributed by atoms with E-state index in [9.17, 15) is 29.1 Å². The normalized spacial score (nSPS) is 24.4. The number of carboxylic acids is 3. The maximum absolute atomic E-state index is 11.7. The van der Waals surface area contributed by atoms with Gasteiger partial charge in [0.2, 0.25) is 11.6 Å². The number of ketones is 2. The molecule has 0 saturated carbocycles. The van der Waals surface area contributed by atoms with Crippen LogP contribution in [0.15, 0.2) is 52.3 Å². The zero-order chi connectivity index (χ0) is 20.6. The second kappa shape index (κ2) is 7.06. The van der Waals surface area contributed by atoms with Crippen LogP contribution in [0.1, 0.15) is 12.8 Å². The van der Waals surface area contributed by atoms with Crippen LogP contribution in [0.4, 0.5) is 0 Å². The van der Waals surface area contributed by atoms with Gasteiger partial charge in [0.15, 0.2) is 6.04 Å². The average Bonchev–Trinajstić information content (AvgIpc) is 2.97. The van der Waals surface area contributed by atoms with Crippen molar-refractivity contribution in [1.29, 1.82) is 0 Å². The summed E-state index contributed by atoms with van der Waals surface area (Å²) >= 11 is 0. The van der Waals surface area contributed by atoms with Crippen LogP contribution in [-0.2, 0) is 24.0 Å². The van der Waals surface area contributed by atoms with Gasteiger partial charge in [0.1, 0.15) is 11.8 Å². The average molecular weight is 386 g/mol. The van der Waals surface area contributed by atoms with Crippen LogP contribution in [-0.4, -0.2) is 67.5 Å².